The molecule has 0 saturated heterocycles. The van der Waals surface area contributed by atoms with Crippen molar-refractivity contribution in [1.29, 1.82) is 0 Å². The van der Waals surface area contributed by atoms with Crippen LogP contribution in [-0.4, -0.2) is 12.1 Å². The minimum Gasteiger partial charge on any atom is -0.495 e. The molecule has 1 atom stereocenters. The van der Waals surface area contributed by atoms with Gasteiger partial charge in [-0.05, 0) is 31.2 Å². The minimum atomic E-state index is -0.330. The summed E-state index contributed by atoms with van der Waals surface area (Å²) in [4.78, 5) is 4.05. The van der Waals surface area contributed by atoms with Crippen LogP contribution in [0, 0.1) is 5.82 Å². The lowest BCUT2D eigenvalue weighted by atomic mass is 10.2. The molecule has 1 aromatic heterocycles. The minimum absolute atomic E-state index is 0.0260. The van der Waals surface area contributed by atoms with Gasteiger partial charge in [0.2, 0.25) is 0 Å². The van der Waals surface area contributed by atoms with E-state index in [1.807, 2.05) is 31.2 Å². The molecule has 3 nitrogen and oxygen atoms in total. The topological polar surface area (TPSA) is 34.1 Å². The van der Waals surface area contributed by atoms with E-state index in [2.05, 4.69) is 10.3 Å². The Morgan fingerprint density at radius 2 is 2.00 bits per heavy atom. The van der Waals surface area contributed by atoms with Crippen LogP contribution < -0.4 is 10.1 Å². The molecule has 2 rings (SSSR count). The number of rotatable bonds is 4. The van der Waals surface area contributed by atoms with Gasteiger partial charge in [-0.25, -0.2) is 4.39 Å². The summed E-state index contributed by atoms with van der Waals surface area (Å²) in [5.41, 5.74) is 1.67. The number of hydrogen-bond donors (Lipinski definition) is 1. The van der Waals surface area contributed by atoms with Crippen LogP contribution in [0.25, 0.3) is 0 Å². The van der Waals surface area contributed by atoms with Gasteiger partial charge in [-0.1, -0.05) is 12.1 Å². The fraction of sp³-hybridized carbons (Fsp3) is 0.214. The van der Waals surface area contributed by atoms with Gasteiger partial charge in [-0.3, -0.25) is 4.98 Å². The Morgan fingerprint density at radius 1 is 1.22 bits per heavy atom. The maximum absolute atomic E-state index is 12.8. The van der Waals surface area contributed by atoms with Gasteiger partial charge in [0.15, 0.2) is 0 Å². The lowest BCUT2D eigenvalue weighted by molar-refractivity contribution is 0.416. The molecule has 0 spiro atoms. The Hall–Kier alpha value is -2.10. The van der Waals surface area contributed by atoms with E-state index < -0.39 is 0 Å². The molecule has 1 heterocycles. The summed E-state index contributed by atoms with van der Waals surface area (Å²) in [6.45, 7) is 1.96. The zero-order chi connectivity index (χ0) is 13.0. The van der Waals surface area contributed by atoms with Crippen LogP contribution in [-0.2, 0) is 0 Å². The molecular formula is C14H15FN2O. The Kier molecular flexibility index (Phi) is 3.77. The van der Waals surface area contributed by atoms with Crippen LogP contribution in [0.2, 0.25) is 0 Å². The molecule has 0 bridgehead atoms. The van der Waals surface area contributed by atoms with Crippen molar-refractivity contribution in [2.45, 2.75) is 13.0 Å². The van der Waals surface area contributed by atoms with Crippen molar-refractivity contribution in [1.82, 2.24) is 4.98 Å². The average Bonchev–Trinajstić information content (AvgIpc) is 2.40. The van der Waals surface area contributed by atoms with Crippen LogP contribution in [0.4, 0.5) is 10.1 Å². The summed E-state index contributed by atoms with van der Waals surface area (Å²) in [5, 5.41) is 3.29. The van der Waals surface area contributed by atoms with E-state index >= 15 is 0 Å². The molecule has 18 heavy (non-hydrogen) atoms. The second-order valence-corrected chi connectivity index (χ2v) is 3.97. The van der Waals surface area contributed by atoms with E-state index in [0.29, 0.717) is 0 Å². The molecule has 0 aliphatic carbocycles. The highest BCUT2D eigenvalue weighted by Gasteiger charge is 2.09. The number of methoxy groups -OCH3 is 1. The number of pyridine rings is 1. The van der Waals surface area contributed by atoms with Crippen molar-refractivity contribution in [3.8, 4) is 5.75 Å². The zero-order valence-electron chi connectivity index (χ0n) is 10.4. The first kappa shape index (κ1) is 12.4. The molecule has 0 fully saturated rings. The zero-order valence-corrected chi connectivity index (χ0v) is 10.4. The molecular weight excluding hydrogens is 231 g/mol. The van der Waals surface area contributed by atoms with Gasteiger partial charge in [0.25, 0.3) is 0 Å². The van der Waals surface area contributed by atoms with Crippen LogP contribution in [0.5, 0.6) is 5.75 Å². The molecule has 0 amide bonds. The molecule has 1 aromatic carbocycles. The molecule has 1 N–H and O–H groups in total. The predicted molar refractivity (Wildman–Crippen MR) is 69.2 cm³/mol. The number of anilines is 1. The van der Waals surface area contributed by atoms with Gasteiger partial charge in [0.1, 0.15) is 11.6 Å². The molecule has 0 saturated carbocycles. The van der Waals surface area contributed by atoms with E-state index in [1.165, 1.54) is 12.3 Å². The van der Waals surface area contributed by atoms with Crippen LogP contribution in [0.15, 0.2) is 42.6 Å². The SMILES string of the molecule is COc1ccccc1NC(C)c1ccc(F)cn1. The second kappa shape index (κ2) is 5.49. The quantitative estimate of drug-likeness (QED) is 0.897. The van der Waals surface area contributed by atoms with Crippen molar-refractivity contribution < 1.29 is 9.13 Å². The summed E-state index contributed by atoms with van der Waals surface area (Å²) in [6, 6.07) is 10.7. The third-order valence-corrected chi connectivity index (χ3v) is 2.67. The van der Waals surface area contributed by atoms with Crippen molar-refractivity contribution >= 4 is 5.69 Å². The van der Waals surface area contributed by atoms with E-state index in [9.17, 15) is 4.39 Å². The third-order valence-electron chi connectivity index (χ3n) is 2.67. The smallest absolute Gasteiger partial charge is 0.141 e. The summed E-state index contributed by atoms with van der Waals surface area (Å²) in [6.07, 6.45) is 1.22. The number of para-hydroxylation sites is 2. The number of nitrogens with zero attached hydrogens (tertiary/aromatic N) is 1. The first-order chi connectivity index (χ1) is 8.70. The monoisotopic (exact) mass is 246 g/mol. The standard InChI is InChI=1S/C14H15FN2O/c1-10(12-8-7-11(15)9-16-12)17-13-5-3-4-6-14(13)18-2/h3-10,17H,1-2H3. The number of nitrogens with one attached hydrogen (secondary N) is 1. The van der Waals surface area contributed by atoms with Crippen LogP contribution >= 0.6 is 0 Å². The number of benzene rings is 1. The fourth-order valence-corrected chi connectivity index (χ4v) is 1.71. The second-order valence-electron chi connectivity index (χ2n) is 3.97. The number of ether oxygens (including phenoxy) is 1. The van der Waals surface area contributed by atoms with Crippen molar-refractivity contribution in [3.63, 3.8) is 0 Å². The van der Waals surface area contributed by atoms with E-state index in [4.69, 9.17) is 4.74 Å². The van der Waals surface area contributed by atoms with Gasteiger partial charge in [0.05, 0.1) is 30.7 Å². The van der Waals surface area contributed by atoms with Gasteiger partial charge in [-0.2, -0.15) is 0 Å². The number of halogens is 1. The van der Waals surface area contributed by atoms with Gasteiger partial charge in [-0.15, -0.1) is 0 Å². The Labute approximate surface area is 106 Å². The molecule has 0 aliphatic rings. The molecule has 0 radical (unpaired) electrons. The first-order valence-corrected chi connectivity index (χ1v) is 5.71. The van der Waals surface area contributed by atoms with Crippen molar-refractivity contribution in [3.05, 3.63) is 54.1 Å². The molecule has 94 valence electrons. The van der Waals surface area contributed by atoms with E-state index in [1.54, 1.807) is 13.2 Å². The summed E-state index contributed by atoms with van der Waals surface area (Å²) >= 11 is 0. The molecule has 1 unspecified atom stereocenters. The van der Waals surface area contributed by atoms with Gasteiger partial charge in [0, 0.05) is 0 Å². The highest BCUT2D eigenvalue weighted by molar-refractivity contribution is 5.57. The lowest BCUT2D eigenvalue weighted by Crippen LogP contribution is -2.09. The number of hydrogen-bond acceptors (Lipinski definition) is 3. The van der Waals surface area contributed by atoms with Crippen molar-refractivity contribution in [2.24, 2.45) is 0 Å². The van der Waals surface area contributed by atoms with Gasteiger partial charge >= 0.3 is 0 Å². The predicted octanol–water partition coefficient (Wildman–Crippen LogP) is 3.40. The van der Waals surface area contributed by atoms with Crippen LogP contribution in [0.3, 0.4) is 0 Å². The fourth-order valence-electron chi connectivity index (χ4n) is 1.71. The lowest BCUT2D eigenvalue weighted by Gasteiger charge is -2.16. The molecule has 2 aromatic rings. The molecule has 0 aliphatic heterocycles. The maximum Gasteiger partial charge on any atom is 0.141 e. The summed E-state index contributed by atoms with van der Waals surface area (Å²) in [7, 11) is 1.63. The molecule has 4 heteroatoms. The first-order valence-electron chi connectivity index (χ1n) is 5.71. The maximum atomic E-state index is 12.8. The van der Waals surface area contributed by atoms with E-state index in [0.717, 1.165) is 17.1 Å². The van der Waals surface area contributed by atoms with Crippen LogP contribution in [0.1, 0.15) is 18.7 Å². The third kappa shape index (κ3) is 2.77. The summed E-state index contributed by atoms with van der Waals surface area (Å²) < 4.78 is 18.1. The largest absolute Gasteiger partial charge is 0.495 e. The van der Waals surface area contributed by atoms with E-state index in [-0.39, 0.29) is 11.9 Å². The number of aromatic nitrogens is 1. The Bertz CT molecular complexity index is 513. The highest BCUT2D eigenvalue weighted by Crippen LogP contribution is 2.26. The van der Waals surface area contributed by atoms with Gasteiger partial charge < -0.3 is 10.1 Å². The summed E-state index contributed by atoms with van der Waals surface area (Å²) in [5.74, 6) is 0.440. The normalized spacial score (nSPS) is 11.9. The Balaban J connectivity index is 2.15. The average molecular weight is 246 g/mol. The van der Waals surface area contributed by atoms with Crippen molar-refractivity contribution in [2.75, 3.05) is 12.4 Å². The highest BCUT2D eigenvalue weighted by atomic mass is 19.1. The Morgan fingerprint density at radius 3 is 2.67 bits per heavy atom.